The summed E-state index contributed by atoms with van der Waals surface area (Å²) < 4.78 is 7.42. The summed E-state index contributed by atoms with van der Waals surface area (Å²) in [5.74, 6) is 8.98. The van der Waals surface area contributed by atoms with Crippen molar-refractivity contribution in [3.63, 3.8) is 0 Å². The zero-order valence-corrected chi connectivity index (χ0v) is 20.5. The second-order valence-corrected chi connectivity index (χ2v) is 9.42. The van der Waals surface area contributed by atoms with E-state index in [2.05, 4.69) is 51.0 Å². The zero-order chi connectivity index (χ0) is 24.1. The van der Waals surface area contributed by atoms with Gasteiger partial charge < -0.3 is 20.4 Å². The van der Waals surface area contributed by atoms with E-state index in [1.54, 1.807) is 18.6 Å². The van der Waals surface area contributed by atoms with E-state index in [4.69, 9.17) is 10.6 Å². The maximum atomic E-state index is 12.7. The lowest BCUT2D eigenvalue weighted by molar-refractivity contribution is -0.128. The Hall–Kier alpha value is -3.34. The number of hydrogen-bond donors (Lipinski definition) is 1. The predicted molar refractivity (Wildman–Crippen MR) is 131 cm³/mol. The van der Waals surface area contributed by atoms with Crippen molar-refractivity contribution >= 4 is 23.5 Å². The second-order valence-electron chi connectivity index (χ2n) is 8.47. The molecule has 180 valence electrons. The van der Waals surface area contributed by atoms with Crippen LogP contribution < -0.4 is 15.5 Å². The number of carbonyl (C=O) groups is 1. The van der Waals surface area contributed by atoms with E-state index in [0.717, 1.165) is 35.8 Å². The van der Waals surface area contributed by atoms with Crippen LogP contribution >= 0.6 is 11.8 Å². The van der Waals surface area contributed by atoms with Gasteiger partial charge in [0.2, 0.25) is 11.1 Å². The molecule has 0 unspecified atom stereocenters. The van der Waals surface area contributed by atoms with E-state index in [-0.39, 0.29) is 18.3 Å². The molecule has 1 aliphatic rings. The summed E-state index contributed by atoms with van der Waals surface area (Å²) in [5.41, 5.74) is 2.26. The monoisotopic (exact) mass is 482 g/mol. The van der Waals surface area contributed by atoms with Crippen molar-refractivity contribution in [1.29, 1.82) is 0 Å². The number of nitrogens with two attached hydrogens (primary N) is 1. The number of anilines is 1. The van der Waals surface area contributed by atoms with Crippen LogP contribution in [0, 0.1) is 6.92 Å². The molecule has 3 heterocycles. The van der Waals surface area contributed by atoms with Crippen LogP contribution in [-0.2, 0) is 11.4 Å². The highest BCUT2D eigenvalue weighted by Gasteiger charge is 2.23. The fourth-order valence-electron chi connectivity index (χ4n) is 3.75. The molecule has 0 bridgehead atoms. The Bertz CT molecular complexity index is 1110. The van der Waals surface area contributed by atoms with Crippen molar-refractivity contribution in [2.75, 3.05) is 42.7 Å². The van der Waals surface area contributed by atoms with Crippen molar-refractivity contribution in [3.05, 3.63) is 53.7 Å². The number of carbonyl (C=O) groups excluding carboxylic acids is 1. The highest BCUT2D eigenvalue weighted by Crippen LogP contribution is 2.28. The summed E-state index contributed by atoms with van der Waals surface area (Å²) in [6.07, 6.45) is 5.07. The van der Waals surface area contributed by atoms with Gasteiger partial charge in [-0.3, -0.25) is 9.78 Å². The maximum absolute atomic E-state index is 12.7. The fraction of sp³-hybridized carbons (Fsp3) is 0.435. The van der Waals surface area contributed by atoms with Gasteiger partial charge in [-0.2, -0.15) is 0 Å². The average molecular weight is 483 g/mol. The van der Waals surface area contributed by atoms with Gasteiger partial charge in [-0.25, -0.2) is 9.66 Å². The number of thioether (sulfide) groups is 1. The summed E-state index contributed by atoms with van der Waals surface area (Å²) in [7, 11) is 0. The summed E-state index contributed by atoms with van der Waals surface area (Å²) in [6.45, 7) is 9.21. The topological polar surface area (TPSA) is 115 Å². The molecule has 1 saturated heterocycles. The number of rotatable bonds is 8. The lowest BCUT2D eigenvalue weighted by atomic mass is 10.0. The second kappa shape index (κ2) is 10.7. The van der Waals surface area contributed by atoms with Gasteiger partial charge >= 0.3 is 0 Å². The summed E-state index contributed by atoms with van der Waals surface area (Å²) >= 11 is 1.28. The highest BCUT2D eigenvalue weighted by molar-refractivity contribution is 7.99. The Balaban J connectivity index is 1.28. The summed E-state index contributed by atoms with van der Waals surface area (Å²) in [6, 6.07) is 6.18. The number of nitrogen functional groups attached to an aromatic ring is 1. The van der Waals surface area contributed by atoms with Crippen LogP contribution in [-0.4, -0.2) is 67.6 Å². The standard InChI is InChI=1S/C23H30N8O2S/c1-16(2)18-5-4-17(3)12-19(18)33-14-21-27-28-23(31(21)24)34-15-22(32)30-10-8-29(9-11-30)20-13-25-6-7-26-20/h4-7,12-13,16H,8-11,14-15,24H2,1-3H3. The van der Waals surface area contributed by atoms with Crippen LogP contribution in [0.5, 0.6) is 5.75 Å². The van der Waals surface area contributed by atoms with Crippen LogP contribution in [0.2, 0.25) is 0 Å². The summed E-state index contributed by atoms with van der Waals surface area (Å²) in [5, 5.41) is 8.79. The van der Waals surface area contributed by atoms with Gasteiger partial charge in [-0.15, -0.1) is 10.2 Å². The van der Waals surface area contributed by atoms with Gasteiger partial charge in [0.1, 0.15) is 18.2 Å². The van der Waals surface area contributed by atoms with Gasteiger partial charge in [-0.05, 0) is 30.0 Å². The smallest absolute Gasteiger partial charge is 0.233 e. The third kappa shape index (κ3) is 5.58. The first kappa shape index (κ1) is 23.8. The Morgan fingerprint density at radius 3 is 2.68 bits per heavy atom. The molecule has 0 radical (unpaired) electrons. The van der Waals surface area contributed by atoms with Gasteiger partial charge in [0, 0.05) is 38.6 Å². The molecule has 11 heteroatoms. The Labute approximate surface area is 203 Å². The minimum atomic E-state index is 0.0472. The number of piperazine rings is 1. The molecule has 0 atom stereocenters. The van der Waals surface area contributed by atoms with E-state index in [9.17, 15) is 4.79 Å². The molecule has 1 fully saturated rings. The van der Waals surface area contributed by atoms with Gasteiger partial charge in [-0.1, -0.05) is 37.7 Å². The van der Waals surface area contributed by atoms with E-state index in [1.807, 2.05) is 17.9 Å². The molecule has 2 N–H and O–H groups in total. The SMILES string of the molecule is Cc1ccc(C(C)C)c(OCc2nnc(SCC(=O)N3CCN(c4cnccn4)CC3)n2N)c1. The Kier molecular flexibility index (Phi) is 7.51. The van der Waals surface area contributed by atoms with E-state index >= 15 is 0 Å². The van der Waals surface area contributed by atoms with Crippen molar-refractivity contribution in [1.82, 2.24) is 29.7 Å². The Morgan fingerprint density at radius 2 is 1.97 bits per heavy atom. The van der Waals surface area contributed by atoms with Crippen LogP contribution in [0.4, 0.5) is 5.82 Å². The first-order chi connectivity index (χ1) is 16.4. The first-order valence-corrected chi connectivity index (χ1v) is 12.2. The number of aryl methyl sites for hydroxylation is 1. The predicted octanol–water partition coefficient (Wildman–Crippen LogP) is 2.23. The molecule has 4 rings (SSSR count). The van der Waals surface area contributed by atoms with Crippen molar-refractivity contribution < 1.29 is 9.53 Å². The fourth-order valence-corrected chi connectivity index (χ4v) is 4.53. The Morgan fingerprint density at radius 1 is 1.18 bits per heavy atom. The number of aromatic nitrogens is 5. The minimum Gasteiger partial charge on any atom is -0.485 e. The molecule has 34 heavy (non-hydrogen) atoms. The average Bonchev–Trinajstić information content (AvgIpc) is 3.20. The van der Waals surface area contributed by atoms with Gasteiger partial charge in [0.15, 0.2) is 5.82 Å². The summed E-state index contributed by atoms with van der Waals surface area (Å²) in [4.78, 5) is 25.1. The molecule has 1 aliphatic heterocycles. The number of hydrogen-bond acceptors (Lipinski definition) is 9. The van der Waals surface area contributed by atoms with E-state index < -0.39 is 0 Å². The first-order valence-electron chi connectivity index (χ1n) is 11.3. The normalized spacial score (nSPS) is 14.0. The third-order valence-corrected chi connectivity index (χ3v) is 6.64. The quantitative estimate of drug-likeness (QED) is 0.381. The van der Waals surface area contributed by atoms with Gasteiger partial charge in [0.25, 0.3) is 0 Å². The van der Waals surface area contributed by atoms with Crippen LogP contribution in [0.3, 0.4) is 0 Å². The number of ether oxygens (including phenoxy) is 1. The molecule has 0 saturated carbocycles. The molecule has 0 spiro atoms. The molecule has 3 aromatic rings. The zero-order valence-electron chi connectivity index (χ0n) is 19.7. The lowest BCUT2D eigenvalue weighted by Crippen LogP contribution is -2.49. The molecule has 0 aliphatic carbocycles. The third-order valence-electron chi connectivity index (χ3n) is 5.71. The van der Waals surface area contributed by atoms with Crippen LogP contribution in [0.25, 0.3) is 0 Å². The van der Waals surface area contributed by atoms with Crippen molar-refractivity contribution in [3.8, 4) is 5.75 Å². The number of nitrogens with zero attached hydrogens (tertiary/aromatic N) is 7. The molecular formula is C23H30N8O2S. The molecule has 2 aromatic heterocycles. The maximum Gasteiger partial charge on any atom is 0.233 e. The molecule has 10 nitrogen and oxygen atoms in total. The van der Waals surface area contributed by atoms with Crippen LogP contribution in [0.1, 0.15) is 36.7 Å². The van der Waals surface area contributed by atoms with Crippen molar-refractivity contribution in [2.45, 2.75) is 38.5 Å². The van der Waals surface area contributed by atoms with Crippen LogP contribution in [0.15, 0.2) is 41.9 Å². The molecule has 1 amide bonds. The largest absolute Gasteiger partial charge is 0.485 e. The van der Waals surface area contributed by atoms with E-state index in [1.165, 1.54) is 16.4 Å². The van der Waals surface area contributed by atoms with Crippen molar-refractivity contribution in [2.24, 2.45) is 0 Å². The number of benzene rings is 1. The molecule has 1 aromatic carbocycles. The van der Waals surface area contributed by atoms with Gasteiger partial charge in [0.05, 0.1) is 11.9 Å². The lowest BCUT2D eigenvalue weighted by Gasteiger charge is -2.35. The van der Waals surface area contributed by atoms with E-state index in [0.29, 0.717) is 30.0 Å². The minimum absolute atomic E-state index is 0.0472. The molecular weight excluding hydrogens is 452 g/mol. The highest BCUT2D eigenvalue weighted by atomic mass is 32.2. The number of amides is 1.